The summed E-state index contributed by atoms with van der Waals surface area (Å²) >= 11 is 1.84. The maximum atomic E-state index is 12.6. The maximum absolute atomic E-state index is 12.6. The molecular formula is C65H93Be2F3FrOSTh. The molecule has 0 saturated carbocycles. The minimum atomic E-state index is -0.348. The first-order valence-corrected chi connectivity index (χ1v) is 26.2. The first-order chi connectivity index (χ1) is 33.1. The van der Waals surface area contributed by atoms with Crippen LogP contribution in [0.15, 0.2) is 138 Å². The first-order valence-electron chi connectivity index (χ1n) is 25.4. The van der Waals surface area contributed by atoms with Crippen molar-refractivity contribution in [1.29, 1.82) is 0 Å². The summed E-state index contributed by atoms with van der Waals surface area (Å²) in [6.45, 7) is 44.2. The van der Waals surface area contributed by atoms with E-state index in [1.807, 2.05) is 107 Å². The molecule has 7 aromatic carbocycles. The summed E-state index contributed by atoms with van der Waals surface area (Å²) in [5.74, 6) is 1.27. The Hall–Kier alpha value is -2.39. The van der Waals surface area contributed by atoms with Gasteiger partial charge in [0, 0.05) is 110 Å². The Morgan fingerprint density at radius 3 is 0.824 bits per heavy atom. The number of hydrogen-bond acceptors (Lipinski definition) is 2. The Morgan fingerprint density at radius 2 is 0.649 bits per heavy atom. The van der Waals surface area contributed by atoms with E-state index in [4.69, 9.17) is 4.42 Å². The van der Waals surface area contributed by atoms with Gasteiger partial charge in [-0.2, -0.15) is 0 Å². The molecule has 0 saturated heterocycles. The van der Waals surface area contributed by atoms with E-state index in [1.165, 1.54) is 107 Å². The second kappa shape index (κ2) is 50.1. The molecule has 0 N–H and O–H groups in total. The summed E-state index contributed by atoms with van der Waals surface area (Å²) in [6.07, 6.45) is 1.25. The quantitative estimate of drug-likeness (QED) is 0.109. The van der Waals surface area contributed by atoms with Gasteiger partial charge in [0.05, 0.1) is 0 Å². The molecule has 395 valence electrons. The molecule has 0 aliphatic carbocycles. The van der Waals surface area contributed by atoms with Crippen molar-refractivity contribution in [2.75, 3.05) is 0 Å². The van der Waals surface area contributed by atoms with Crippen molar-refractivity contribution in [2.45, 2.75) is 159 Å². The number of fused-ring (bicyclic) bond motifs is 4. The normalized spacial score (nSPS) is 8.59. The number of halogens is 3. The predicted molar refractivity (Wildman–Crippen MR) is 329 cm³/mol. The zero-order valence-electron chi connectivity index (χ0n) is 52.3. The van der Waals surface area contributed by atoms with Gasteiger partial charge >= 0.3 is 10.1 Å². The molecule has 0 aliphatic rings. The summed E-state index contributed by atoms with van der Waals surface area (Å²) in [6, 6.07) is 45.7. The van der Waals surface area contributed by atoms with E-state index in [1.54, 1.807) is 0 Å². The van der Waals surface area contributed by atoms with Crippen LogP contribution in [0.2, 0.25) is 0 Å². The van der Waals surface area contributed by atoms with E-state index in [2.05, 4.69) is 165 Å². The van der Waals surface area contributed by atoms with Crippen molar-refractivity contribution >= 4 is 74.7 Å². The summed E-state index contributed by atoms with van der Waals surface area (Å²) in [4.78, 5) is 2.80. The molecule has 1 nitrogen and oxygen atoms in total. The van der Waals surface area contributed by atoms with Crippen LogP contribution in [0, 0.1) is 171 Å². The molecule has 0 unspecified atom stereocenters. The van der Waals surface area contributed by atoms with E-state index in [0.29, 0.717) is 11.1 Å². The van der Waals surface area contributed by atoms with E-state index in [9.17, 15) is 8.78 Å². The van der Waals surface area contributed by atoms with Gasteiger partial charge in [0.1, 0.15) is 23.2 Å². The number of rotatable bonds is 0. The molecule has 0 bridgehead atoms. The van der Waals surface area contributed by atoms with Crippen LogP contribution in [-0.2, 0) is 0 Å². The molecule has 2 aromatic heterocycles. The predicted octanol–water partition coefficient (Wildman–Crippen LogP) is 22.2. The minimum Gasteiger partial charge on any atom is -1.00 e. The second-order valence-corrected chi connectivity index (χ2v) is 16.8. The first kappa shape index (κ1) is 85.5. The van der Waals surface area contributed by atoms with E-state index < -0.39 is 0 Å². The molecule has 0 amide bonds. The molecule has 0 fully saturated rings. The Balaban J connectivity index is -0.000000106. The number of benzene rings is 7. The third kappa shape index (κ3) is 30.5. The fraction of sp³-hybridized carbons (Fsp3) is 0.354. The molecule has 9 rings (SSSR count). The molecular weight excluding hydrogens is 1360 g/mol. The largest absolute Gasteiger partial charge is 2.00 e. The van der Waals surface area contributed by atoms with Crippen LogP contribution >= 0.6 is 11.3 Å². The molecule has 3 radical (unpaired) electrons. The van der Waals surface area contributed by atoms with Gasteiger partial charge in [-0.1, -0.05) is 173 Å². The summed E-state index contributed by atoms with van der Waals surface area (Å²) < 4.78 is 30.3. The van der Waals surface area contributed by atoms with Gasteiger partial charge in [-0.05, 0) is 195 Å². The Bertz CT molecular complexity index is 2440. The van der Waals surface area contributed by atoms with E-state index in [0.717, 1.165) is 11.5 Å². The van der Waals surface area contributed by atoms with Crippen LogP contribution in [0.1, 0.15) is 147 Å². The van der Waals surface area contributed by atoms with E-state index >= 15 is 0 Å². The van der Waals surface area contributed by atoms with Crippen LogP contribution in [0.3, 0.4) is 0 Å². The molecule has 2 heterocycles. The van der Waals surface area contributed by atoms with Crippen LogP contribution in [-0.4, -0.2) is 20.2 Å². The van der Waals surface area contributed by atoms with Crippen molar-refractivity contribution in [3.05, 3.63) is 200 Å². The Morgan fingerprint density at radius 1 is 0.419 bits per heavy atom. The summed E-state index contributed by atoms with van der Waals surface area (Å²) in [5, 5.41) is 10.7. The smallest absolute Gasteiger partial charge is 1.00 e. The number of furan rings is 1. The van der Waals surface area contributed by atoms with Crippen molar-refractivity contribution in [3.8, 4) is 0 Å². The van der Waals surface area contributed by atoms with Gasteiger partial charge in [0.2, 0.25) is 0 Å². The summed E-state index contributed by atoms with van der Waals surface area (Å²) in [7, 11) is 0. The maximum Gasteiger partial charge on any atom is 2.00 e. The molecule has 9 heteroatoms. The fourth-order valence-electron chi connectivity index (χ4n) is 6.51. The third-order valence-electron chi connectivity index (χ3n) is 9.80. The van der Waals surface area contributed by atoms with E-state index in [-0.39, 0.29) is 129 Å². The van der Waals surface area contributed by atoms with Crippen molar-refractivity contribution in [3.63, 3.8) is 0 Å². The fourth-order valence-corrected chi connectivity index (χ4v) is 7.29. The van der Waals surface area contributed by atoms with Crippen LogP contribution in [0.25, 0.3) is 43.1 Å². The van der Waals surface area contributed by atoms with Gasteiger partial charge < -0.3 is 7.27 Å². The zero-order chi connectivity index (χ0) is 53.2. The standard InChI is InChI=1S/C24H18.C8H8F2.C8H10.C6H8O.C6H8S.C3H8.5C2H6.2Be.FH.Fr.Th.2H/c1-15-21-11-17-7-3-5-9-19(17)13-23(21)16(2)24-14-20-10-6-4-8-18(20)12-22(15)24;1-5-3-8(10)6(2)4-7(5)9;1-7-3-5-8(2)6-4-7;2*1-5-3-4-6(2)7-5;1-3-2;5*1-2;;;;;;;/h3-14H,1-2H3;3-4H,1-2H3;3-6H,1-2H3;2*3-4H,1-2H3;3H2,1-2H3;5*1-2H3;;;1H;;;;/q;;;;;;;;;;;;+2;;;;2*-1. The zero-order valence-corrected chi connectivity index (χ0v) is 63.4. The molecule has 74 heavy (non-hydrogen) atoms. The number of thiophene rings is 1. The van der Waals surface area contributed by atoms with Crippen molar-refractivity contribution < 1.29 is 111 Å². The average Bonchev–Trinajstić information content (AvgIpc) is 3.97. The minimum absolute atomic E-state index is 0. The topological polar surface area (TPSA) is 13.1 Å². The van der Waals surface area contributed by atoms with Crippen molar-refractivity contribution in [1.82, 2.24) is 0 Å². The van der Waals surface area contributed by atoms with Gasteiger partial charge in [-0.3, -0.25) is 4.70 Å². The SMILES string of the molecule is CC.CC.CC.CC.CC.CCC.Cc1c2cc3ccccc3cc2c(C)c2cc3ccccc3cc12.Cc1cc(F)c(C)cc1F.Cc1ccc(C)cc1.Cc1ccc(C)o1.Cc1ccc(C)s1.F.[Be+2].[Be].[Fr].[H-].[H-].[Th]. The number of aryl methyl sites for hydroxylation is 10. The van der Waals surface area contributed by atoms with Crippen LogP contribution in [0.4, 0.5) is 13.5 Å². The average molecular weight is 1450 g/mol. The second-order valence-electron chi connectivity index (χ2n) is 15.3. The van der Waals surface area contributed by atoms with Gasteiger partial charge in [0.15, 0.2) is 0 Å². The Kier molecular flexibility index (Phi) is 57.9. The van der Waals surface area contributed by atoms with Gasteiger partial charge in [-0.15, -0.1) is 11.3 Å². The monoisotopic (exact) mass is 1450 g/mol. The van der Waals surface area contributed by atoms with Gasteiger partial charge in [0.25, 0.3) is 0 Å². The molecule has 0 aliphatic heterocycles. The van der Waals surface area contributed by atoms with Crippen LogP contribution < -0.4 is 0 Å². The molecule has 0 spiro atoms. The Labute approximate surface area is 537 Å². The number of hydrogen-bond donors (Lipinski definition) is 0. The van der Waals surface area contributed by atoms with Crippen molar-refractivity contribution in [2.24, 2.45) is 0 Å². The summed E-state index contributed by atoms with van der Waals surface area (Å²) in [5.41, 5.74) is 6.11. The van der Waals surface area contributed by atoms with Crippen LogP contribution in [0.5, 0.6) is 0 Å². The van der Waals surface area contributed by atoms with Gasteiger partial charge in [-0.25, -0.2) is 8.78 Å². The molecule has 0 atom stereocenters. The third-order valence-corrected chi connectivity index (χ3v) is 10.7. The molecule has 9 aromatic rings.